The number of aryl methyl sites for hydroxylation is 2. The van der Waals surface area contributed by atoms with Crippen LogP contribution in [0.15, 0.2) is 12.4 Å². The second kappa shape index (κ2) is 8.29. The van der Waals surface area contributed by atoms with E-state index in [1.807, 2.05) is 6.20 Å². The third-order valence-electron chi connectivity index (χ3n) is 3.20. The topological polar surface area (TPSA) is 29.9 Å². The molecule has 1 heterocycles. The minimum Gasteiger partial charge on any atom is -0.335 e. The molecule has 3 heteroatoms. The van der Waals surface area contributed by atoms with Gasteiger partial charge in [0.05, 0.1) is 0 Å². The van der Waals surface area contributed by atoms with Gasteiger partial charge in [-0.3, -0.25) is 0 Å². The fourth-order valence-corrected chi connectivity index (χ4v) is 2.26. The van der Waals surface area contributed by atoms with Crippen LogP contribution in [0.4, 0.5) is 0 Å². The number of nitrogens with one attached hydrogen (secondary N) is 1. The number of aromatic nitrogens is 2. The molecule has 0 saturated heterocycles. The van der Waals surface area contributed by atoms with Gasteiger partial charge in [-0.25, -0.2) is 4.98 Å². The Kier molecular flexibility index (Phi) is 6.94. The van der Waals surface area contributed by atoms with Crippen molar-refractivity contribution in [1.29, 1.82) is 0 Å². The van der Waals surface area contributed by atoms with Gasteiger partial charge in [0.25, 0.3) is 0 Å². The summed E-state index contributed by atoms with van der Waals surface area (Å²) in [7, 11) is 0. The Morgan fingerprint density at radius 2 is 2.18 bits per heavy atom. The van der Waals surface area contributed by atoms with Gasteiger partial charge in [0, 0.05) is 31.4 Å². The van der Waals surface area contributed by atoms with Crippen LogP contribution in [0.25, 0.3) is 0 Å². The summed E-state index contributed by atoms with van der Waals surface area (Å²) in [5, 5.41) is 3.52. The molecule has 17 heavy (non-hydrogen) atoms. The van der Waals surface area contributed by atoms with Crippen molar-refractivity contribution in [3.8, 4) is 0 Å². The van der Waals surface area contributed by atoms with Crippen LogP contribution in [-0.4, -0.2) is 22.1 Å². The Morgan fingerprint density at radius 3 is 2.82 bits per heavy atom. The third-order valence-corrected chi connectivity index (χ3v) is 3.20. The van der Waals surface area contributed by atoms with Gasteiger partial charge in [0.2, 0.25) is 0 Å². The summed E-state index contributed by atoms with van der Waals surface area (Å²) in [5.74, 6) is 1.25. The normalized spacial score (nSPS) is 12.9. The molecule has 98 valence electrons. The molecule has 0 aliphatic carbocycles. The summed E-state index contributed by atoms with van der Waals surface area (Å²) in [4.78, 5) is 4.45. The maximum Gasteiger partial charge on any atom is 0.108 e. The molecule has 0 aromatic carbocycles. The number of nitrogens with zero attached hydrogens (tertiary/aromatic N) is 2. The smallest absolute Gasteiger partial charge is 0.108 e. The van der Waals surface area contributed by atoms with Crippen molar-refractivity contribution >= 4 is 0 Å². The van der Waals surface area contributed by atoms with E-state index in [9.17, 15) is 0 Å². The third kappa shape index (κ3) is 4.90. The maximum atomic E-state index is 4.45. The zero-order valence-corrected chi connectivity index (χ0v) is 11.6. The lowest BCUT2D eigenvalue weighted by molar-refractivity contribution is 0.461. The van der Waals surface area contributed by atoms with Crippen LogP contribution < -0.4 is 5.32 Å². The Morgan fingerprint density at radius 1 is 1.35 bits per heavy atom. The Bertz CT molecular complexity index is 293. The number of hydrogen-bond donors (Lipinski definition) is 1. The average Bonchev–Trinajstić information content (AvgIpc) is 2.76. The maximum absolute atomic E-state index is 4.45. The van der Waals surface area contributed by atoms with Gasteiger partial charge >= 0.3 is 0 Å². The molecule has 0 amide bonds. The van der Waals surface area contributed by atoms with Crippen molar-refractivity contribution < 1.29 is 0 Å². The van der Waals surface area contributed by atoms with E-state index in [1.54, 1.807) is 0 Å². The lowest BCUT2D eigenvalue weighted by atomic mass is 10.1. The van der Waals surface area contributed by atoms with Crippen molar-refractivity contribution in [2.45, 2.75) is 65.5 Å². The van der Waals surface area contributed by atoms with E-state index < -0.39 is 0 Å². The molecule has 0 spiro atoms. The van der Waals surface area contributed by atoms with Crippen molar-refractivity contribution in [2.24, 2.45) is 0 Å². The zero-order chi connectivity index (χ0) is 12.5. The molecule has 0 aliphatic rings. The van der Waals surface area contributed by atoms with Crippen LogP contribution in [0.2, 0.25) is 0 Å². The second-order valence-corrected chi connectivity index (χ2v) is 4.59. The number of hydrogen-bond acceptors (Lipinski definition) is 2. The van der Waals surface area contributed by atoms with E-state index >= 15 is 0 Å². The molecule has 1 aromatic rings. The SMILES string of the molecule is CCCn1ccnc1CCCC(CC)NCC. The minimum absolute atomic E-state index is 0.676. The molecule has 1 unspecified atom stereocenters. The monoisotopic (exact) mass is 237 g/mol. The van der Waals surface area contributed by atoms with Gasteiger partial charge in [-0.2, -0.15) is 0 Å². The molecule has 0 aliphatic heterocycles. The molecular weight excluding hydrogens is 210 g/mol. The lowest BCUT2D eigenvalue weighted by Crippen LogP contribution is -2.28. The van der Waals surface area contributed by atoms with Gasteiger partial charge in [-0.15, -0.1) is 0 Å². The van der Waals surface area contributed by atoms with E-state index in [0.29, 0.717) is 6.04 Å². The second-order valence-electron chi connectivity index (χ2n) is 4.59. The first-order valence-corrected chi connectivity index (χ1v) is 7.05. The number of imidazole rings is 1. The van der Waals surface area contributed by atoms with Crippen molar-refractivity contribution in [2.75, 3.05) is 6.54 Å². The van der Waals surface area contributed by atoms with Crippen LogP contribution in [0.5, 0.6) is 0 Å². The number of rotatable bonds is 9. The summed E-state index contributed by atoms with van der Waals surface area (Å²) in [6.07, 6.45) is 10.0. The van der Waals surface area contributed by atoms with Crippen LogP contribution in [0, 0.1) is 0 Å². The highest BCUT2D eigenvalue weighted by molar-refractivity contribution is 4.92. The van der Waals surface area contributed by atoms with Crippen molar-refractivity contribution in [1.82, 2.24) is 14.9 Å². The van der Waals surface area contributed by atoms with Crippen LogP contribution in [0.1, 0.15) is 52.3 Å². The zero-order valence-electron chi connectivity index (χ0n) is 11.6. The fourth-order valence-electron chi connectivity index (χ4n) is 2.26. The molecule has 0 bridgehead atoms. The first kappa shape index (κ1) is 14.2. The molecule has 1 N–H and O–H groups in total. The predicted molar refractivity (Wildman–Crippen MR) is 73.2 cm³/mol. The van der Waals surface area contributed by atoms with Crippen molar-refractivity contribution in [3.05, 3.63) is 18.2 Å². The Labute approximate surface area is 106 Å². The summed E-state index contributed by atoms with van der Waals surface area (Å²) in [6.45, 7) is 8.81. The van der Waals surface area contributed by atoms with Crippen LogP contribution in [-0.2, 0) is 13.0 Å². The lowest BCUT2D eigenvalue weighted by Gasteiger charge is -2.15. The summed E-state index contributed by atoms with van der Waals surface area (Å²) in [5.41, 5.74) is 0. The highest BCUT2D eigenvalue weighted by Gasteiger charge is 2.06. The van der Waals surface area contributed by atoms with E-state index in [1.165, 1.54) is 31.5 Å². The average molecular weight is 237 g/mol. The molecular formula is C14H27N3. The van der Waals surface area contributed by atoms with E-state index in [4.69, 9.17) is 0 Å². The van der Waals surface area contributed by atoms with Gasteiger partial charge < -0.3 is 9.88 Å². The molecule has 3 nitrogen and oxygen atoms in total. The quantitative estimate of drug-likeness (QED) is 0.715. The fraction of sp³-hybridized carbons (Fsp3) is 0.786. The Balaban J connectivity index is 2.31. The summed E-state index contributed by atoms with van der Waals surface area (Å²) in [6, 6.07) is 0.676. The van der Waals surface area contributed by atoms with Gasteiger partial charge in [0.15, 0.2) is 0 Å². The van der Waals surface area contributed by atoms with E-state index in [2.05, 4.69) is 41.8 Å². The highest BCUT2D eigenvalue weighted by Crippen LogP contribution is 2.08. The standard InChI is InChI=1S/C14H27N3/c1-4-11-17-12-10-16-14(17)9-7-8-13(5-2)15-6-3/h10,12-13,15H,4-9,11H2,1-3H3. The summed E-state index contributed by atoms with van der Waals surface area (Å²) < 4.78 is 2.29. The predicted octanol–water partition coefficient (Wildman–Crippen LogP) is 3.00. The highest BCUT2D eigenvalue weighted by atomic mass is 15.1. The largest absolute Gasteiger partial charge is 0.335 e. The first-order chi connectivity index (χ1) is 8.31. The first-order valence-electron chi connectivity index (χ1n) is 7.05. The van der Waals surface area contributed by atoms with Crippen LogP contribution >= 0.6 is 0 Å². The molecule has 1 aromatic heterocycles. The van der Waals surface area contributed by atoms with E-state index in [-0.39, 0.29) is 0 Å². The molecule has 1 atom stereocenters. The van der Waals surface area contributed by atoms with Gasteiger partial charge in [-0.1, -0.05) is 20.8 Å². The Hall–Kier alpha value is -0.830. The van der Waals surface area contributed by atoms with Crippen molar-refractivity contribution in [3.63, 3.8) is 0 Å². The van der Waals surface area contributed by atoms with Gasteiger partial charge in [0.1, 0.15) is 5.82 Å². The molecule has 0 saturated carbocycles. The minimum atomic E-state index is 0.676. The molecule has 1 rings (SSSR count). The molecule has 0 fully saturated rings. The summed E-state index contributed by atoms with van der Waals surface area (Å²) >= 11 is 0. The van der Waals surface area contributed by atoms with Gasteiger partial charge in [-0.05, 0) is 32.2 Å². The van der Waals surface area contributed by atoms with Crippen LogP contribution in [0.3, 0.4) is 0 Å². The molecule has 0 radical (unpaired) electrons. The van der Waals surface area contributed by atoms with E-state index in [0.717, 1.165) is 19.5 Å².